The number of hydrogen-bond acceptors (Lipinski definition) is 6. The highest BCUT2D eigenvalue weighted by Crippen LogP contribution is 2.18. The van der Waals surface area contributed by atoms with E-state index in [2.05, 4.69) is 39.3 Å². The Kier molecular flexibility index (Phi) is 3.28. The van der Waals surface area contributed by atoms with Crippen molar-refractivity contribution in [2.24, 2.45) is 0 Å². The van der Waals surface area contributed by atoms with Crippen LogP contribution in [0, 0.1) is 6.92 Å². The van der Waals surface area contributed by atoms with Gasteiger partial charge in [-0.1, -0.05) is 29.4 Å². The van der Waals surface area contributed by atoms with Crippen LogP contribution < -0.4 is 0 Å². The van der Waals surface area contributed by atoms with Crippen LogP contribution in [0.2, 0.25) is 0 Å². The average molecular weight is 270 g/mol. The highest BCUT2D eigenvalue weighted by molar-refractivity contribution is 5.53. The van der Waals surface area contributed by atoms with Crippen molar-refractivity contribution >= 4 is 0 Å². The van der Waals surface area contributed by atoms with Crippen molar-refractivity contribution in [1.29, 1.82) is 0 Å². The van der Waals surface area contributed by atoms with E-state index >= 15 is 0 Å². The second-order valence-electron chi connectivity index (χ2n) is 4.47. The summed E-state index contributed by atoms with van der Waals surface area (Å²) in [6.45, 7) is 3.86. The van der Waals surface area contributed by atoms with Crippen molar-refractivity contribution in [3.05, 3.63) is 47.4 Å². The maximum Gasteiger partial charge on any atom is 0.257 e. The molecule has 3 aromatic rings. The molecular weight excluding hydrogens is 256 g/mol. The normalized spacial score (nSPS) is 10.9. The van der Waals surface area contributed by atoms with E-state index in [0.717, 1.165) is 12.0 Å². The molecule has 0 aliphatic heterocycles. The standard InChI is InChI=1S/C14H14N4O2/c1-3-10-4-6-11(7-5-10)14-16-13(18-20-14)8-12-15-9(2)19-17-12/h4-7H,3,8H2,1-2H3. The third-order valence-electron chi connectivity index (χ3n) is 2.96. The topological polar surface area (TPSA) is 77.8 Å². The molecule has 0 amide bonds. The summed E-state index contributed by atoms with van der Waals surface area (Å²) in [4.78, 5) is 8.45. The van der Waals surface area contributed by atoms with Gasteiger partial charge in [0.2, 0.25) is 5.89 Å². The highest BCUT2D eigenvalue weighted by atomic mass is 16.5. The molecule has 0 atom stereocenters. The number of aromatic nitrogens is 4. The molecule has 1 aromatic carbocycles. The molecule has 2 heterocycles. The molecule has 3 rings (SSSR count). The molecule has 6 nitrogen and oxygen atoms in total. The third kappa shape index (κ3) is 2.59. The van der Waals surface area contributed by atoms with Crippen LogP contribution in [0.15, 0.2) is 33.3 Å². The molecule has 0 spiro atoms. The second-order valence-corrected chi connectivity index (χ2v) is 4.47. The number of rotatable bonds is 4. The van der Waals surface area contributed by atoms with Crippen LogP contribution >= 0.6 is 0 Å². The van der Waals surface area contributed by atoms with Crippen LogP contribution in [0.1, 0.15) is 30.0 Å². The van der Waals surface area contributed by atoms with Gasteiger partial charge in [-0.25, -0.2) is 0 Å². The van der Waals surface area contributed by atoms with E-state index in [9.17, 15) is 0 Å². The lowest BCUT2D eigenvalue weighted by atomic mass is 10.1. The molecule has 0 unspecified atom stereocenters. The highest BCUT2D eigenvalue weighted by Gasteiger charge is 2.12. The van der Waals surface area contributed by atoms with Crippen LogP contribution in [0.25, 0.3) is 11.5 Å². The fraction of sp³-hybridized carbons (Fsp3) is 0.286. The van der Waals surface area contributed by atoms with Gasteiger partial charge in [0.05, 0.1) is 6.42 Å². The zero-order chi connectivity index (χ0) is 13.9. The maximum absolute atomic E-state index is 5.26. The molecule has 0 radical (unpaired) electrons. The summed E-state index contributed by atoms with van der Waals surface area (Å²) in [7, 11) is 0. The molecule has 0 saturated carbocycles. The SMILES string of the molecule is CCc1ccc(-c2nc(Cc3noc(C)n3)no2)cc1. The van der Waals surface area contributed by atoms with Crippen LogP contribution in [0.4, 0.5) is 0 Å². The summed E-state index contributed by atoms with van der Waals surface area (Å²) in [5, 5.41) is 7.74. The van der Waals surface area contributed by atoms with E-state index in [0.29, 0.717) is 29.9 Å². The predicted octanol–water partition coefficient (Wildman–Crippen LogP) is 2.58. The Hall–Kier alpha value is -2.50. The summed E-state index contributed by atoms with van der Waals surface area (Å²) in [6, 6.07) is 8.08. The van der Waals surface area contributed by atoms with Crippen LogP contribution in [-0.4, -0.2) is 20.3 Å². The Balaban J connectivity index is 1.78. The zero-order valence-electron chi connectivity index (χ0n) is 11.3. The first-order chi connectivity index (χ1) is 9.74. The van der Waals surface area contributed by atoms with E-state index in [4.69, 9.17) is 9.05 Å². The minimum atomic E-state index is 0.397. The third-order valence-corrected chi connectivity index (χ3v) is 2.96. The molecule has 0 aliphatic rings. The number of nitrogens with zero attached hydrogens (tertiary/aromatic N) is 4. The Bertz CT molecular complexity index is 700. The maximum atomic E-state index is 5.26. The van der Waals surface area contributed by atoms with Gasteiger partial charge in [-0.15, -0.1) is 0 Å². The van der Waals surface area contributed by atoms with Crippen molar-refractivity contribution in [1.82, 2.24) is 20.3 Å². The zero-order valence-corrected chi connectivity index (χ0v) is 11.3. The van der Waals surface area contributed by atoms with E-state index in [-0.39, 0.29) is 0 Å². The van der Waals surface area contributed by atoms with E-state index in [1.54, 1.807) is 6.92 Å². The van der Waals surface area contributed by atoms with Crippen LogP contribution in [-0.2, 0) is 12.8 Å². The van der Waals surface area contributed by atoms with Crippen LogP contribution in [0.5, 0.6) is 0 Å². The Labute approximate surface area is 115 Å². The van der Waals surface area contributed by atoms with Crippen molar-refractivity contribution in [2.45, 2.75) is 26.7 Å². The van der Waals surface area contributed by atoms with Gasteiger partial charge < -0.3 is 9.05 Å². The largest absolute Gasteiger partial charge is 0.340 e. The fourth-order valence-corrected chi connectivity index (χ4v) is 1.88. The van der Waals surface area contributed by atoms with Crippen LogP contribution in [0.3, 0.4) is 0 Å². The first kappa shape index (κ1) is 12.5. The van der Waals surface area contributed by atoms with Crippen molar-refractivity contribution in [3.63, 3.8) is 0 Å². The van der Waals surface area contributed by atoms with Gasteiger partial charge in [-0.05, 0) is 24.1 Å². The molecule has 0 aliphatic carbocycles. The molecule has 0 bridgehead atoms. The molecule has 20 heavy (non-hydrogen) atoms. The van der Waals surface area contributed by atoms with Crippen molar-refractivity contribution in [2.75, 3.05) is 0 Å². The lowest BCUT2D eigenvalue weighted by molar-refractivity contribution is 0.387. The number of hydrogen-bond donors (Lipinski definition) is 0. The Morgan fingerprint density at radius 3 is 2.30 bits per heavy atom. The second kappa shape index (κ2) is 5.24. The summed E-state index contributed by atoms with van der Waals surface area (Å²) in [6.07, 6.45) is 1.40. The molecular formula is C14H14N4O2. The summed E-state index contributed by atoms with van der Waals surface area (Å²) in [5.74, 6) is 2.12. The molecule has 6 heteroatoms. The van der Waals surface area contributed by atoms with Gasteiger partial charge in [0.15, 0.2) is 11.6 Å². The monoisotopic (exact) mass is 270 g/mol. The smallest absolute Gasteiger partial charge is 0.257 e. The minimum absolute atomic E-state index is 0.397. The lowest BCUT2D eigenvalue weighted by Gasteiger charge is -1.96. The molecule has 0 N–H and O–H groups in total. The quantitative estimate of drug-likeness (QED) is 0.725. The lowest BCUT2D eigenvalue weighted by Crippen LogP contribution is -1.93. The van der Waals surface area contributed by atoms with Gasteiger partial charge >= 0.3 is 0 Å². The average Bonchev–Trinajstić information content (AvgIpc) is 3.09. The van der Waals surface area contributed by atoms with Gasteiger partial charge in [0.25, 0.3) is 5.89 Å². The molecule has 2 aromatic heterocycles. The van der Waals surface area contributed by atoms with Crippen molar-refractivity contribution < 1.29 is 9.05 Å². The Morgan fingerprint density at radius 2 is 1.65 bits per heavy atom. The van der Waals surface area contributed by atoms with Gasteiger partial charge in [0, 0.05) is 12.5 Å². The Morgan fingerprint density at radius 1 is 0.950 bits per heavy atom. The van der Waals surface area contributed by atoms with E-state index < -0.39 is 0 Å². The molecule has 102 valence electrons. The minimum Gasteiger partial charge on any atom is -0.340 e. The molecule has 0 saturated heterocycles. The van der Waals surface area contributed by atoms with Crippen molar-refractivity contribution in [3.8, 4) is 11.5 Å². The van der Waals surface area contributed by atoms with Gasteiger partial charge in [-0.2, -0.15) is 9.97 Å². The summed E-state index contributed by atoms with van der Waals surface area (Å²) >= 11 is 0. The number of benzene rings is 1. The summed E-state index contributed by atoms with van der Waals surface area (Å²) in [5.41, 5.74) is 2.18. The fourth-order valence-electron chi connectivity index (χ4n) is 1.88. The predicted molar refractivity (Wildman–Crippen MR) is 71.0 cm³/mol. The first-order valence-corrected chi connectivity index (χ1v) is 6.45. The molecule has 0 fully saturated rings. The van der Waals surface area contributed by atoms with E-state index in [1.165, 1.54) is 5.56 Å². The number of aryl methyl sites for hydroxylation is 2. The first-order valence-electron chi connectivity index (χ1n) is 6.45. The van der Waals surface area contributed by atoms with Gasteiger partial charge in [0.1, 0.15) is 0 Å². The van der Waals surface area contributed by atoms with Gasteiger partial charge in [-0.3, -0.25) is 0 Å². The summed E-state index contributed by atoms with van der Waals surface area (Å²) < 4.78 is 10.2. The van der Waals surface area contributed by atoms with E-state index in [1.807, 2.05) is 12.1 Å².